The number of hydrogen-bond donors (Lipinski definition) is 4. The number of nitrogens with two attached hydrogens (primary N) is 2. The first-order valence-electron chi connectivity index (χ1n) is 19.0. The van der Waals surface area contributed by atoms with Crippen molar-refractivity contribution in [3.8, 4) is 5.88 Å². The molecule has 54 heavy (non-hydrogen) atoms. The fourth-order valence-corrected chi connectivity index (χ4v) is 5.71. The number of hydrogen-bond acceptors (Lipinski definition) is 9. The monoisotopic (exact) mass is 743 g/mol. The molecule has 0 bridgehead atoms. The van der Waals surface area contributed by atoms with Crippen LogP contribution in [0, 0.1) is 11.3 Å². The average Bonchev–Trinajstić information content (AvgIpc) is 3.20. The lowest BCUT2D eigenvalue weighted by molar-refractivity contribution is -0.122. The van der Waals surface area contributed by atoms with E-state index in [-0.39, 0.29) is 23.6 Å². The number of ether oxygens (including phenoxy) is 1. The first kappa shape index (κ1) is 44.9. The highest BCUT2D eigenvalue weighted by molar-refractivity contribution is 6.14. The van der Waals surface area contributed by atoms with Crippen LogP contribution < -0.4 is 31.3 Å². The zero-order chi connectivity index (χ0) is 40.0. The molecule has 1 aromatic heterocycles. The summed E-state index contributed by atoms with van der Waals surface area (Å²) in [5.74, 6) is 0.976. The van der Waals surface area contributed by atoms with E-state index in [2.05, 4.69) is 32.1 Å². The van der Waals surface area contributed by atoms with Gasteiger partial charge in [-0.3, -0.25) is 20.0 Å². The number of amides is 2. The minimum absolute atomic E-state index is 0.0294. The molecule has 13 nitrogen and oxygen atoms in total. The van der Waals surface area contributed by atoms with E-state index in [1.807, 2.05) is 77.9 Å². The summed E-state index contributed by atoms with van der Waals surface area (Å²) in [6.07, 6.45) is 5.76. The van der Waals surface area contributed by atoms with Crippen LogP contribution in [0.2, 0.25) is 0 Å². The molecule has 3 aromatic rings. The number of nitrogens with zero attached hydrogens (tertiary/aromatic N) is 6. The van der Waals surface area contributed by atoms with E-state index in [1.165, 1.54) is 6.34 Å². The molecule has 1 unspecified atom stereocenters. The van der Waals surface area contributed by atoms with Crippen molar-refractivity contribution in [3.05, 3.63) is 77.5 Å². The molecular formula is C41H62N10O3. The zero-order valence-electron chi connectivity index (χ0n) is 33.5. The van der Waals surface area contributed by atoms with Gasteiger partial charge in [-0.25, -0.2) is 9.98 Å². The third kappa shape index (κ3) is 13.6. The molecule has 1 fully saturated rings. The summed E-state index contributed by atoms with van der Waals surface area (Å²) in [6.45, 7) is 19.2. The molecule has 1 saturated heterocycles. The fourth-order valence-electron chi connectivity index (χ4n) is 5.71. The maximum atomic E-state index is 13.3. The quantitative estimate of drug-likeness (QED) is 0.0634. The molecule has 1 aliphatic heterocycles. The van der Waals surface area contributed by atoms with E-state index < -0.39 is 0 Å². The molecule has 0 aliphatic carbocycles. The van der Waals surface area contributed by atoms with Crippen LogP contribution in [0.3, 0.4) is 0 Å². The molecular weight excluding hydrogens is 681 g/mol. The molecule has 0 saturated carbocycles. The van der Waals surface area contributed by atoms with Crippen molar-refractivity contribution in [3.63, 3.8) is 0 Å². The topological polar surface area (TPSA) is 179 Å². The van der Waals surface area contributed by atoms with Gasteiger partial charge in [-0.1, -0.05) is 34.1 Å². The number of amidine groups is 1. The Morgan fingerprint density at radius 2 is 1.70 bits per heavy atom. The van der Waals surface area contributed by atoms with E-state index >= 15 is 0 Å². The summed E-state index contributed by atoms with van der Waals surface area (Å²) < 4.78 is 5.58. The number of nitrogen functional groups attached to an aromatic ring is 1. The molecule has 0 radical (unpaired) electrons. The maximum Gasteiger partial charge on any atom is 0.231 e. The van der Waals surface area contributed by atoms with E-state index in [0.717, 1.165) is 68.9 Å². The average molecular weight is 743 g/mol. The Hall–Kier alpha value is -5.30. The molecule has 1 atom stereocenters. The second-order valence-corrected chi connectivity index (χ2v) is 12.6. The van der Waals surface area contributed by atoms with Crippen LogP contribution in [-0.4, -0.2) is 99.1 Å². The van der Waals surface area contributed by atoms with Crippen molar-refractivity contribution in [2.45, 2.75) is 67.4 Å². The summed E-state index contributed by atoms with van der Waals surface area (Å²) in [6, 6.07) is 16.9. The van der Waals surface area contributed by atoms with Gasteiger partial charge in [0.05, 0.1) is 17.7 Å². The van der Waals surface area contributed by atoms with Crippen molar-refractivity contribution in [2.24, 2.45) is 21.6 Å². The van der Waals surface area contributed by atoms with Crippen LogP contribution in [0.25, 0.3) is 0 Å². The molecule has 0 spiro atoms. The van der Waals surface area contributed by atoms with Gasteiger partial charge in [0.25, 0.3) is 0 Å². The summed E-state index contributed by atoms with van der Waals surface area (Å²) in [7, 11) is 1.65. The second-order valence-electron chi connectivity index (χ2n) is 12.6. The minimum Gasteiger partial charge on any atom is -0.475 e. The van der Waals surface area contributed by atoms with Gasteiger partial charge in [0.2, 0.25) is 18.2 Å². The predicted octanol–water partition coefficient (Wildman–Crippen LogP) is 5.60. The van der Waals surface area contributed by atoms with E-state index in [1.54, 1.807) is 41.2 Å². The van der Waals surface area contributed by atoms with Gasteiger partial charge in [0.1, 0.15) is 12.2 Å². The number of nitrogens with one attached hydrogen (secondary N) is 2. The highest BCUT2D eigenvalue weighted by Gasteiger charge is 2.24. The lowest BCUT2D eigenvalue weighted by Crippen LogP contribution is -2.45. The predicted molar refractivity (Wildman–Crippen MR) is 225 cm³/mol. The van der Waals surface area contributed by atoms with Crippen LogP contribution in [0.1, 0.15) is 78.0 Å². The van der Waals surface area contributed by atoms with Crippen molar-refractivity contribution < 1.29 is 14.3 Å². The lowest BCUT2D eigenvalue weighted by Gasteiger charge is -2.34. The first-order chi connectivity index (χ1) is 26.1. The molecule has 2 amide bonds. The number of piperazine rings is 1. The molecule has 1 aliphatic rings. The Balaban J connectivity index is 0.000000392. The van der Waals surface area contributed by atoms with Crippen molar-refractivity contribution in [1.82, 2.24) is 15.2 Å². The van der Waals surface area contributed by atoms with Gasteiger partial charge in [0, 0.05) is 92.3 Å². The highest BCUT2D eigenvalue weighted by Crippen LogP contribution is 2.26. The summed E-state index contributed by atoms with van der Waals surface area (Å²) >= 11 is 0. The fraction of sp³-hybridized carbons (Fsp3) is 0.463. The Morgan fingerprint density at radius 1 is 1.04 bits per heavy atom. The van der Waals surface area contributed by atoms with Crippen molar-refractivity contribution in [2.75, 3.05) is 68.4 Å². The van der Waals surface area contributed by atoms with E-state index in [0.29, 0.717) is 41.6 Å². The molecule has 6 N–H and O–H groups in total. The van der Waals surface area contributed by atoms with Gasteiger partial charge in [-0.15, -0.1) is 0 Å². The van der Waals surface area contributed by atoms with Crippen LogP contribution in [0.5, 0.6) is 5.88 Å². The van der Waals surface area contributed by atoms with Gasteiger partial charge >= 0.3 is 0 Å². The third-order valence-corrected chi connectivity index (χ3v) is 8.51. The normalized spacial score (nSPS) is 13.4. The molecule has 294 valence electrons. The first-order valence-corrected chi connectivity index (χ1v) is 19.0. The van der Waals surface area contributed by atoms with Crippen LogP contribution in [0.15, 0.2) is 70.8 Å². The van der Waals surface area contributed by atoms with Gasteiger partial charge < -0.3 is 36.2 Å². The van der Waals surface area contributed by atoms with Crippen molar-refractivity contribution in [1.29, 1.82) is 5.41 Å². The largest absolute Gasteiger partial charge is 0.475 e. The number of aromatic nitrogens is 1. The number of pyridine rings is 1. The summed E-state index contributed by atoms with van der Waals surface area (Å²) in [5, 5.41) is 12.0. The highest BCUT2D eigenvalue weighted by atomic mass is 16.5. The molecule has 2 heterocycles. The number of benzene rings is 2. The Kier molecular flexibility index (Phi) is 20.0. The summed E-state index contributed by atoms with van der Waals surface area (Å²) in [5.41, 5.74) is 16.8. The number of anilines is 3. The second kappa shape index (κ2) is 24.1. The van der Waals surface area contributed by atoms with E-state index in [4.69, 9.17) is 21.6 Å². The van der Waals surface area contributed by atoms with Gasteiger partial charge in [0.15, 0.2) is 0 Å². The summed E-state index contributed by atoms with van der Waals surface area (Å²) in [4.78, 5) is 41.9. The smallest absolute Gasteiger partial charge is 0.231 e. The Bertz CT molecular complexity index is 1630. The minimum atomic E-state index is -0.0851. The number of rotatable bonds is 16. The molecule has 2 aromatic carbocycles. The van der Waals surface area contributed by atoms with Crippen molar-refractivity contribution >= 4 is 47.3 Å². The number of carbonyl (C=O) groups is 2. The third-order valence-electron chi connectivity index (χ3n) is 8.51. The van der Waals surface area contributed by atoms with Crippen LogP contribution in [-0.2, 0) is 9.59 Å². The van der Waals surface area contributed by atoms with Crippen LogP contribution >= 0.6 is 0 Å². The molecule has 13 heteroatoms. The SMILES string of the molecule is CC.CCCC(CNCC)C(=O)N(CC)c1ccc(N)c(C(=N)c2ccc(OC(C)C)nc2)c1.CN=CN=C(N)c1ccc(N2CCN(C=O)CC2)cc1. The standard InChI is InChI=1S/C25H37N5O2.C14H19N5O.C2H6/c1-6-9-19(15-28-7-2)25(31)30(8-3)20-11-12-22(26)21(14-20)24(27)18-10-13-23(29-16-18)32-17(4)5;1-16-10-17-14(15)12-2-4-13(5-3-12)19-8-6-18(11-20)7-9-19;1-2/h10-14,16-17,19,27-28H,6-9,15,26H2,1-5H3;2-5,10-11H,6-9H2,1H3,(H2,15,16,17);1-2H3. The van der Waals surface area contributed by atoms with Crippen LogP contribution in [0.4, 0.5) is 17.1 Å². The zero-order valence-corrected chi connectivity index (χ0v) is 33.5. The van der Waals surface area contributed by atoms with Gasteiger partial charge in [-0.05, 0) is 82.3 Å². The number of carbonyl (C=O) groups excluding carboxylic acids is 2. The Morgan fingerprint density at radius 3 is 2.24 bits per heavy atom. The van der Waals surface area contributed by atoms with Gasteiger partial charge in [-0.2, -0.15) is 0 Å². The lowest BCUT2D eigenvalue weighted by atomic mass is 9.99. The van der Waals surface area contributed by atoms with E-state index in [9.17, 15) is 9.59 Å². The Labute approximate surface area is 322 Å². The maximum absolute atomic E-state index is 13.3. The number of aliphatic imine (C=N–C) groups is 2. The molecule has 4 rings (SSSR count).